The topological polar surface area (TPSA) is 24.7 Å². The van der Waals surface area contributed by atoms with Gasteiger partial charge in [0.05, 0.1) is 0 Å². The zero-order chi connectivity index (χ0) is 17.2. The van der Waals surface area contributed by atoms with Crippen LogP contribution in [0.25, 0.3) is 0 Å². The first-order chi connectivity index (χ1) is 12.9. The Hall–Kier alpha value is -1.96. The van der Waals surface area contributed by atoms with Gasteiger partial charge in [0.15, 0.2) is 0 Å². The van der Waals surface area contributed by atoms with Gasteiger partial charge in [0.1, 0.15) is 11.1 Å². The van der Waals surface area contributed by atoms with Crippen molar-refractivity contribution < 1.29 is 0 Å². The van der Waals surface area contributed by atoms with Gasteiger partial charge in [-0.15, -0.1) is 0 Å². The Kier molecular flexibility index (Phi) is 2.94. The molecule has 3 fully saturated rings. The summed E-state index contributed by atoms with van der Waals surface area (Å²) >= 11 is 0. The Morgan fingerprint density at radius 1 is 0.615 bits per heavy atom. The third-order valence-electron chi connectivity index (χ3n) is 8.30. The Morgan fingerprint density at radius 3 is 1.54 bits per heavy atom. The second-order valence-corrected chi connectivity index (χ2v) is 8.90. The molecule has 6 rings (SSSR count). The van der Waals surface area contributed by atoms with Crippen LogP contribution in [-0.4, -0.2) is 0 Å². The smallest absolute Gasteiger partial charge is 0.118 e. The fourth-order valence-corrected chi connectivity index (χ4v) is 7.68. The largest absolute Gasteiger partial charge is 0.181 e. The van der Waals surface area contributed by atoms with E-state index in [4.69, 9.17) is 10.2 Å². The van der Waals surface area contributed by atoms with Crippen molar-refractivity contribution in [1.82, 2.24) is 0 Å². The molecule has 3 saturated carbocycles. The maximum Gasteiger partial charge on any atom is 0.118 e. The zero-order valence-electron chi connectivity index (χ0n) is 15.3. The van der Waals surface area contributed by atoms with Crippen LogP contribution in [0.3, 0.4) is 0 Å². The van der Waals surface area contributed by atoms with Gasteiger partial charge in [-0.1, -0.05) is 79.9 Å². The predicted molar refractivity (Wildman–Crippen MR) is 103 cm³/mol. The number of rotatable bonds is 2. The summed E-state index contributed by atoms with van der Waals surface area (Å²) in [5.41, 5.74) is 2.85. The number of fused-ring (bicyclic) bond motifs is 3. The second-order valence-electron chi connectivity index (χ2n) is 8.90. The van der Waals surface area contributed by atoms with Crippen molar-refractivity contribution in [3.05, 3.63) is 71.8 Å². The van der Waals surface area contributed by atoms with Crippen molar-refractivity contribution in [2.75, 3.05) is 0 Å². The molecule has 2 aromatic carbocycles. The Labute approximate surface area is 155 Å². The number of hydrogen-bond donors (Lipinski definition) is 0. The molecule has 0 radical (unpaired) electrons. The SMILES string of the molecule is c1ccc(C23N=NC(c4ccccc4)(C4CCCC42)C32CCCC2)cc1. The lowest BCUT2D eigenvalue weighted by Crippen LogP contribution is -2.47. The van der Waals surface area contributed by atoms with E-state index < -0.39 is 0 Å². The first-order valence-electron chi connectivity index (χ1n) is 10.4. The summed E-state index contributed by atoms with van der Waals surface area (Å²) in [5, 5.41) is 10.5. The van der Waals surface area contributed by atoms with Crippen LogP contribution in [0.15, 0.2) is 70.9 Å². The summed E-state index contributed by atoms with van der Waals surface area (Å²) in [6, 6.07) is 22.4. The van der Waals surface area contributed by atoms with Gasteiger partial charge in [0, 0.05) is 5.41 Å². The molecule has 1 aliphatic heterocycles. The molecule has 0 aromatic heterocycles. The van der Waals surface area contributed by atoms with Gasteiger partial charge >= 0.3 is 0 Å². The molecule has 1 spiro atoms. The molecule has 2 aromatic rings. The maximum atomic E-state index is 5.26. The molecule has 2 heteroatoms. The highest BCUT2D eigenvalue weighted by molar-refractivity contribution is 5.46. The summed E-state index contributed by atoms with van der Waals surface area (Å²) in [5.74, 6) is 1.31. The maximum absolute atomic E-state index is 5.26. The Morgan fingerprint density at radius 2 is 1.08 bits per heavy atom. The molecule has 1 heterocycles. The van der Waals surface area contributed by atoms with Crippen molar-refractivity contribution in [2.45, 2.75) is 56.0 Å². The van der Waals surface area contributed by atoms with E-state index in [2.05, 4.69) is 60.7 Å². The third-order valence-corrected chi connectivity index (χ3v) is 8.30. The number of benzene rings is 2. The van der Waals surface area contributed by atoms with E-state index in [1.165, 1.54) is 56.1 Å². The van der Waals surface area contributed by atoms with E-state index >= 15 is 0 Å². The van der Waals surface area contributed by atoms with Crippen LogP contribution in [0.1, 0.15) is 56.1 Å². The van der Waals surface area contributed by atoms with E-state index in [-0.39, 0.29) is 16.5 Å². The first kappa shape index (κ1) is 15.1. The van der Waals surface area contributed by atoms with Crippen LogP contribution in [0, 0.1) is 17.3 Å². The molecule has 2 bridgehead atoms. The Balaban J connectivity index is 1.68. The minimum atomic E-state index is -0.0955. The molecule has 4 atom stereocenters. The van der Waals surface area contributed by atoms with Crippen molar-refractivity contribution in [2.24, 2.45) is 27.5 Å². The van der Waals surface area contributed by atoms with Gasteiger partial charge in [-0.05, 0) is 48.6 Å². The van der Waals surface area contributed by atoms with E-state index in [1.807, 2.05) is 0 Å². The summed E-state index contributed by atoms with van der Waals surface area (Å²) < 4.78 is 0. The third kappa shape index (κ3) is 1.45. The van der Waals surface area contributed by atoms with Gasteiger partial charge in [0.2, 0.25) is 0 Å². The second kappa shape index (κ2) is 5.06. The lowest BCUT2D eigenvalue weighted by Gasteiger charge is -2.44. The van der Waals surface area contributed by atoms with Crippen molar-refractivity contribution in [1.29, 1.82) is 0 Å². The molecule has 0 N–H and O–H groups in total. The number of hydrogen-bond acceptors (Lipinski definition) is 2. The van der Waals surface area contributed by atoms with Crippen LogP contribution in [0.4, 0.5) is 0 Å². The fourth-order valence-electron chi connectivity index (χ4n) is 7.68. The molecule has 0 saturated heterocycles. The van der Waals surface area contributed by atoms with Crippen LogP contribution >= 0.6 is 0 Å². The summed E-state index contributed by atoms with van der Waals surface area (Å²) in [6.07, 6.45) is 9.17. The monoisotopic (exact) mass is 342 g/mol. The minimum absolute atomic E-state index is 0.0955. The van der Waals surface area contributed by atoms with E-state index in [0.717, 1.165) is 0 Å². The first-order valence-corrected chi connectivity index (χ1v) is 10.4. The van der Waals surface area contributed by atoms with Crippen LogP contribution in [0.2, 0.25) is 0 Å². The molecule has 132 valence electrons. The van der Waals surface area contributed by atoms with Gasteiger partial charge < -0.3 is 0 Å². The normalized spacial score (nSPS) is 38.9. The van der Waals surface area contributed by atoms with Gasteiger partial charge in [-0.3, -0.25) is 0 Å². The molecular weight excluding hydrogens is 316 g/mol. The molecular formula is C24H26N2. The minimum Gasteiger partial charge on any atom is -0.181 e. The van der Waals surface area contributed by atoms with E-state index in [1.54, 1.807) is 0 Å². The summed E-state index contributed by atoms with van der Waals surface area (Å²) in [7, 11) is 0. The van der Waals surface area contributed by atoms with Crippen LogP contribution < -0.4 is 0 Å². The van der Waals surface area contributed by atoms with Gasteiger partial charge in [-0.25, -0.2) is 0 Å². The molecule has 26 heavy (non-hydrogen) atoms. The van der Waals surface area contributed by atoms with Gasteiger partial charge in [-0.2, -0.15) is 10.2 Å². The molecule has 0 amide bonds. The van der Waals surface area contributed by atoms with Crippen LogP contribution in [-0.2, 0) is 11.1 Å². The molecule has 3 aliphatic carbocycles. The predicted octanol–water partition coefficient (Wildman–Crippen LogP) is 6.23. The van der Waals surface area contributed by atoms with E-state index in [9.17, 15) is 0 Å². The van der Waals surface area contributed by atoms with Crippen molar-refractivity contribution >= 4 is 0 Å². The Bertz CT molecular complexity index is 787. The highest BCUT2D eigenvalue weighted by atomic mass is 15.3. The molecule has 2 nitrogen and oxygen atoms in total. The lowest BCUT2D eigenvalue weighted by atomic mass is 9.58. The van der Waals surface area contributed by atoms with E-state index in [0.29, 0.717) is 11.8 Å². The highest BCUT2D eigenvalue weighted by Crippen LogP contribution is 2.81. The number of nitrogens with zero attached hydrogens (tertiary/aromatic N) is 2. The fraction of sp³-hybridized carbons (Fsp3) is 0.500. The quantitative estimate of drug-likeness (QED) is 0.618. The standard InChI is InChI=1S/C24H26N2/c1-3-10-18(11-4-1)23-20-14-9-15-21(20)24(26-25-23,19-12-5-2-6-13-19)22(23)16-7-8-17-22/h1-6,10-13,20-21H,7-9,14-17H2. The highest BCUT2D eigenvalue weighted by Gasteiger charge is 2.81. The average Bonchev–Trinajstić information content (AvgIpc) is 3.47. The van der Waals surface area contributed by atoms with Crippen LogP contribution in [0.5, 0.6) is 0 Å². The summed E-state index contributed by atoms with van der Waals surface area (Å²) in [6.45, 7) is 0. The lowest BCUT2D eigenvalue weighted by molar-refractivity contribution is 0.0995. The van der Waals surface area contributed by atoms with Crippen molar-refractivity contribution in [3.8, 4) is 0 Å². The van der Waals surface area contributed by atoms with Gasteiger partial charge in [0.25, 0.3) is 0 Å². The zero-order valence-corrected chi connectivity index (χ0v) is 15.3. The average molecular weight is 342 g/mol. The number of azo groups is 1. The summed E-state index contributed by atoms with van der Waals surface area (Å²) in [4.78, 5) is 0. The molecule has 4 unspecified atom stereocenters. The molecule has 4 aliphatic rings. The van der Waals surface area contributed by atoms with Crippen molar-refractivity contribution in [3.63, 3.8) is 0 Å².